The molecule has 1 aliphatic rings. The predicted molar refractivity (Wildman–Crippen MR) is 79.6 cm³/mol. The van der Waals surface area contributed by atoms with Crippen LogP contribution in [-0.2, 0) is 23.3 Å². The van der Waals surface area contributed by atoms with Crippen molar-refractivity contribution in [2.24, 2.45) is 0 Å². The average Bonchev–Trinajstić information content (AvgIpc) is 2.39. The minimum atomic E-state index is -0.776. The average molecular weight is 278 g/mol. The number of rotatable bonds is 5. The van der Waals surface area contributed by atoms with Gasteiger partial charge in [-0.2, -0.15) is 0 Å². The first-order valence-electron chi connectivity index (χ1n) is 7.48. The second-order valence-electron chi connectivity index (χ2n) is 5.96. The van der Waals surface area contributed by atoms with E-state index in [1.54, 1.807) is 0 Å². The molecule has 0 aliphatic carbocycles. The quantitative estimate of drug-likeness (QED) is 0.896. The van der Waals surface area contributed by atoms with Crippen LogP contribution in [0.4, 0.5) is 0 Å². The monoisotopic (exact) mass is 278 g/mol. The summed E-state index contributed by atoms with van der Waals surface area (Å²) in [5.41, 5.74) is 2.51. The third-order valence-electron chi connectivity index (χ3n) is 3.86. The molecule has 1 aliphatic heterocycles. The van der Waals surface area contributed by atoms with Gasteiger partial charge in [0.25, 0.3) is 0 Å². The van der Waals surface area contributed by atoms with Gasteiger partial charge in [0.2, 0.25) is 0 Å². The van der Waals surface area contributed by atoms with Crippen LogP contribution < -0.4 is 0 Å². The van der Waals surface area contributed by atoms with Crippen LogP contribution in [-0.4, -0.2) is 42.3 Å². The number of nitrogens with zero attached hydrogens (tertiary/aromatic N) is 2. The summed E-state index contributed by atoms with van der Waals surface area (Å²) in [5, 5.41) is 10.9. The molecular weight excluding hydrogens is 252 g/mol. The SMILES string of the molecule is CCCc1cc(CN(C)C)c(C2(O)CCOCC2)cn1. The van der Waals surface area contributed by atoms with E-state index in [4.69, 9.17) is 4.74 Å². The van der Waals surface area contributed by atoms with Crippen LogP contribution in [0.3, 0.4) is 0 Å². The van der Waals surface area contributed by atoms with Gasteiger partial charge in [0.1, 0.15) is 0 Å². The standard InChI is InChI=1S/C16H26N2O2/c1-4-5-14-10-13(12-18(2)3)15(11-17-14)16(19)6-8-20-9-7-16/h10-11,19H,4-9,12H2,1-3H3. The summed E-state index contributed by atoms with van der Waals surface area (Å²) in [6.07, 6.45) is 5.27. The normalized spacial score (nSPS) is 18.4. The maximum absolute atomic E-state index is 10.9. The topological polar surface area (TPSA) is 45.6 Å². The maximum atomic E-state index is 10.9. The molecule has 0 atom stereocenters. The highest BCUT2D eigenvalue weighted by atomic mass is 16.5. The summed E-state index contributed by atoms with van der Waals surface area (Å²) in [7, 11) is 4.11. The van der Waals surface area contributed by atoms with Crippen LogP contribution in [0, 0.1) is 0 Å². The zero-order valence-corrected chi connectivity index (χ0v) is 12.9. The van der Waals surface area contributed by atoms with Crippen LogP contribution >= 0.6 is 0 Å². The molecule has 1 aromatic rings. The Labute approximate surface area is 121 Å². The van der Waals surface area contributed by atoms with Gasteiger partial charge in [-0.15, -0.1) is 0 Å². The lowest BCUT2D eigenvalue weighted by Crippen LogP contribution is -2.35. The van der Waals surface area contributed by atoms with Gasteiger partial charge in [-0.3, -0.25) is 4.98 Å². The molecule has 0 saturated carbocycles. The number of hydrogen-bond acceptors (Lipinski definition) is 4. The highest BCUT2D eigenvalue weighted by molar-refractivity contribution is 5.32. The second kappa shape index (κ2) is 6.66. The Morgan fingerprint density at radius 1 is 1.35 bits per heavy atom. The van der Waals surface area contributed by atoms with Crippen LogP contribution in [0.1, 0.15) is 43.0 Å². The summed E-state index contributed by atoms with van der Waals surface area (Å²) >= 11 is 0. The van der Waals surface area contributed by atoms with Crippen LogP contribution in [0.2, 0.25) is 0 Å². The van der Waals surface area contributed by atoms with E-state index in [0.29, 0.717) is 26.1 Å². The first-order chi connectivity index (χ1) is 9.55. The molecule has 2 heterocycles. The van der Waals surface area contributed by atoms with Crippen LogP contribution in [0.25, 0.3) is 0 Å². The summed E-state index contributed by atoms with van der Waals surface area (Å²) in [4.78, 5) is 6.67. The van der Waals surface area contributed by atoms with Gasteiger partial charge in [-0.05, 0) is 32.1 Å². The lowest BCUT2D eigenvalue weighted by atomic mass is 9.84. The number of aromatic nitrogens is 1. The van der Waals surface area contributed by atoms with Crippen molar-refractivity contribution >= 4 is 0 Å². The van der Waals surface area contributed by atoms with E-state index >= 15 is 0 Å². The van der Waals surface area contributed by atoms with Crippen molar-refractivity contribution in [3.8, 4) is 0 Å². The Hall–Kier alpha value is -0.970. The smallest absolute Gasteiger partial charge is 0.0958 e. The number of hydrogen-bond donors (Lipinski definition) is 1. The van der Waals surface area contributed by atoms with Gasteiger partial charge in [-0.1, -0.05) is 13.3 Å². The van der Waals surface area contributed by atoms with E-state index in [-0.39, 0.29) is 0 Å². The Morgan fingerprint density at radius 3 is 2.65 bits per heavy atom. The second-order valence-corrected chi connectivity index (χ2v) is 5.96. The summed E-state index contributed by atoms with van der Waals surface area (Å²) in [5.74, 6) is 0. The highest BCUT2D eigenvalue weighted by Gasteiger charge is 2.34. The molecule has 1 fully saturated rings. The molecule has 0 bridgehead atoms. The van der Waals surface area contributed by atoms with Crippen molar-refractivity contribution in [1.82, 2.24) is 9.88 Å². The first-order valence-corrected chi connectivity index (χ1v) is 7.48. The maximum Gasteiger partial charge on any atom is 0.0958 e. The zero-order valence-electron chi connectivity index (χ0n) is 12.9. The molecule has 4 heteroatoms. The molecule has 0 amide bonds. The highest BCUT2D eigenvalue weighted by Crippen LogP contribution is 2.34. The Kier molecular flexibility index (Phi) is 5.13. The fourth-order valence-corrected chi connectivity index (χ4v) is 2.81. The van der Waals surface area contributed by atoms with E-state index < -0.39 is 5.60 Å². The van der Waals surface area contributed by atoms with Gasteiger partial charge >= 0.3 is 0 Å². The van der Waals surface area contributed by atoms with Crippen molar-refractivity contribution in [2.75, 3.05) is 27.3 Å². The fourth-order valence-electron chi connectivity index (χ4n) is 2.81. The largest absolute Gasteiger partial charge is 0.385 e. The number of aliphatic hydroxyl groups is 1. The lowest BCUT2D eigenvalue weighted by Gasteiger charge is -2.34. The van der Waals surface area contributed by atoms with E-state index in [1.165, 1.54) is 5.56 Å². The third-order valence-corrected chi connectivity index (χ3v) is 3.86. The van der Waals surface area contributed by atoms with Crippen molar-refractivity contribution < 1.29 is 9.84 Å². The molecule has 1 N–H and O–H groups in total. The third kappa shape index (κ3) is 3.57. The lowest BCUT2D eigenvalue weighted by molar-refractivity contribution is -0.0687. The van der Waals surface area contributed by atoms with Gasteiger partial charge in [0, 0.05) is 50.1 Å². The molecule has 4 nitrogen and oxygen atoms in total. The van der Waals surface area contributed by atoms with Crippen LogP contribution in [0.5, 0.6) is 0 Å². The summed E-state index contributed by atoms with van der Waals surface area (Å²) in [6, 6.07) is 2.16. The van der Waals surface area contributed by atoms with Gasteiger partial charge < -0.3 is 14.7 Å². The molecule has 0 aromatic carbocycles. The van der Waals surface area contributed by atoms with Crippen molar-refractivity contribution in [3.63, 3.8) is 0 Å². The first kappa shape index (κ1) is 15.4. The molecule has 20 heavy (non-hydrogen) atoms. The minimum absolute atomic E-state index is 0.620. The molecule has 1 saturated heterocycles. The number of ether oxygens (including phenoxy) is 1. The minimum Gasteiger partial charge on any atom is -0.385 e. The van der Waals surface area contributed by atoms with Crippen molar-refractivity contribution in [3.05, 3.63) is 29.1 Å². The molecular formula is C16H26N2O2. The summed E-state index contributed by atoms with van der Waals surface area (Å²) in [6.45, 7) is 4.23. The van der Waals surface area contributed by atoms with Crippen molar-refractivity contribution in [1.29, 1.82) is 0 Å². The Bertz CT molecular complexity index is 440. The predicted octanol–water partition coefficient (Wildman–Crippen LogP) is 2.09. The molecule has 1 aromatic heterocycles. The van der Waals surface area contributed by atoms with E-state index in [2.05, 4.69) is 37.0 Å². The molecule has 2 rings (SSSR count). The molecule has 0 unspecified atom stereocenters. The van der Waals surface area contributed by atoms with E-state index in [9.17, 15) is 5.11 Å². The van der Waals surface area contributed by atoms with Gasteiger partial charge in [0.15, 0.2) is 0 Å². The van der Waals surface area contributed by atoms with Gasteiger partial charge in [-0.25, -0.2) is 0 Å². The fraction of sp³-hybridized carbons (Fsp3) is 0.688. The Morgan fingerprint density at radius 2 is 2.05 bits per heavy atom. The zero-order chi connectivity index (χ0) is 14.6. The Balaban J connectivity index is 2.34. The van der Waals surface area contributed by atoms with E-state index in [1.807, 2.05) is 6.20 Å². The molecule has 112 valence electrons. The van der Waals surface area contributed by atoms with Crippen LogP contribution in [0.15, 0.2) is 12.3 Å². The van der Waals surface area contributed by atoms with E-state index in [0.717, 1.165) is 30.6 Å². The molecule has 0 spiro atoms. The van der Waals surface area contributed by atoms with Crippen molar-refractivity contribution in [2.45, 2.75) is 44.8 Å². The number of aryl methyl sites for hydroxylation is 1. The number of pyridine rings is 1. The summed E-state index contributed by atoms with van der Waals surface area (Å²) < 4.78 is 5.38. The van der Waals surface area contributed by atoms with Gasteiger partial charge in [0.05, 0.1) is 5.60 Å². The molecule has 0 radical (unpaired) electrons.